The summed E-state index contributed by atoms with van der Waals surface area (Å²) in [5.41, 5.74) is 8.11. The van der Waals surface area contributed by atoms with Crippen molar-refractivity contribution in [2.45, 2.75) is 33.2 Å². The molecule has 2 heterocycles. The Morgan fingerprint density at radius 2 is 2.24 bits per heavy atom. The van der Waals surface area contributed by atoms with E-state index in [1.54, 1.807) is 11.3 Å². The van der Waals surface area contributed by atoms with E-state index in [-0.39, 0.29) is 0 Å². The minimum Gasteiger partial charge on any atom is -0.326 e. The molecule has 126 valence electrons. The second kappa shape index (κ2) is 6.47. The number of nitrogens with zero attached hydrogens (tertiary/aromatic N) is 3. The number of aromatic nitrogens is 3. The lowest BCUT2D eigenvalue weighted by Crippen LogP contribution is -2.05. The van der Waals surface area contributed by atoms with Gasteiger partial charge in [0.1, 0.15) is 0 Å². The van der Waals surface area contributed by atoms with E-state index in [1.807, 2.05) is 18.5 Å². The lowest BCUT2D eigenvalue weighted by Gasteiger charge is -2.20. The number of hydrogen-bond acceptors (Lipinski definition) is 3. The molecule has 25 heavy (non-hydrogen) atoms. The molecule has 2 aliphatic rings. The van der Waals surface area contributed by atoms with Crippen LogP contribution in [0, 0.1) is 5.92 Å². The average molecular weight is 347 g/mol. The molecule has 4 heteroatoms. The second-order valence-electron chi connectivity index (χ2n) is 6.83. The van der Waals surface area contributed by atoms with Crippen molar-refractivity contribution in [3.63, 3.8) is 0 Å². The predicted molar refractivity (Wildman–Crippen MR) is 104 cm³/mol. The minimum atomic E-state index is 0.370. The molecular formula is C21H21N3S. The van der Waals surface area contributed by atoms with Crippen LogP contribution >= 0.6 is 11.3 Å². The van der Waals surface area contributed by atoms with Gasteiger partial charge in [-0.25, -0.2) is 9.97 Å². The molecule has 2 aromatic rings. The molecule has 3 nitrogen and oxygen atoms in total. The molecule has 0 aliphatic heterocycles. The Morgan fingerprint density at radius 1 is 1.36 bits per heavy atom. The van der Waals surface area contributed by atoms with Crippen LogP contribution in [0.15, 0.2) is 65.0 Å². The SMILES string of the molecule is CC1C=C(c2csc(-c3nccn3C(C)C)n2)C2=C(C=C=CC=C2)C1. The first kappa shape index (κ1) is 16.1. The monoisotopic (exact) mass is 347 g/mol. The number of rotatable bonds is 3. The van der Waals surface area contributed by atoms with Crippen molar-refractivity contribution in [1.82, 2.24) is 14.5 Å². The van der Waals surface area contributed by atoms with Gasteiger partial charge in [0.25, 0.3) is 0 Å². The van der Waals surface area contributed by atoms with Crippen molar-refractivity contribution >= 4 is 16.9 Å². The van der Waals surface area contributed by atoms with Gasteiger partial charge in [-0.05, 0) is 49.5 Å². The van der Waals surface area contributed by atoms with E-state index < -0.39 is 0 Å². The largest absolute Gasteiger partial charge is 0.326 e. The normalized spacial score (nSPS) is 19.4. The van der Waals surface area contributed by atoms with E-state index >= 15 is 0 Å². The van der Waals surface area contributed by atoms with Crippen LogP contribution in [0.1, 0.15) is 38.9 Å². The van der Waals surface area contributed by atoms with Crippen molar-refractivity contribution in [2.75, 3.05) is 0 Å². The third kappa shape index (κ3) is 2.99. The Hall–Kier alpha value is -2.42. The Labute approximate surface area is 152 Å². The summed E-state index contributed by atoms with van der Waals surface area (Å²) in [5.74, 6) is 1.45. The smallest absolute Gasteiger partial charge is 0.169 e. The first-order chi connectivity index (χ1) is 12.1. The van der Waals surface area contributed by atoms with Crippen LogP contribution in [0.3, 0.4) is 0 Å². The maximum absolute atomic E-state index is 4.93. The van der Waals surface area contributed by atoms with Gasteiger partial charge in [0.05, 0.1) is 5.69 Å². The van der Waals surface area contributed by atoms with Gasteiger partial charge in [-0.2, -0.15) is 0 Å². The van der Waals surface area contributed by atoms with E-state index in [4.69, 9.17) is 4.98 Å². The Balaban J connectivity index is 1.76. The lowest BCUT2D eigenvalue weighted by molar-refractivity contribution is 0.606. The van der Waals surface area contributed by atoms with Crippen molar-refractivity contribution < 1.29 is 0 Å². The molecule has 0 radical (unpaired) electrons. The summed E-state index contributed by atoms with van der Waals surface area (Å²) in [6.45, 7) is 6.59. The van der Waals surface area contributed by atoms with Gasteiger partial charge < -0.3 is 4.57 Å². The van der Waals surface area contributed by atoms with Gasteiger partial charge >= 0.3 is 0 Å². The molecule has 0 saturated carbocycles. The summed E-state index contributed by atoms with van der Waals surface area (Å²) in [4.78, 5) is 9.45. The maximum Gasteiger partial charge on any atom is 0.169 e. The fraction of sp³-hybridized carbons (Fsp3) is 0.286. The zero-order valence-electron chi connectivity index (χ0n) is 14.7. The number of hydrogen-bond donors (Lipinski definition) is 0. The molecule has 0 amide bonds. The molecule has 1 unspecified atom stereocenters. The molecule has 2 aromatic heterocycles. The van der Waals surface area contributed by atoms with Gasteiger partial charge in [0.15, 0.2) is 10.8 Å². The lowest BCUT2D eigenvalue weighted by atomic mass is 9.84. The topological polar surface area (TPSA) is 30.7 Å². The van der Waals surface area contributed by atoms with E-state index in [9.17, 15) is 0 Å². The summed E-state index contributed by atoms with van der Waals surface area (Å²) >= 11 is 1.66. The number of imidazole rings is 1. The van der Waals surface area contributed by atoms with Crippen LogP contribution in [0.25, 0.3) is 16.4 Å². The molecule has 0 aromatic carbocycles. The second-order valence-corrected chi connectivity index (χ2v) is 7.69. The van der Waals surface area contributed by atoms with E-state index in [0.29, 0.717) is 12.0 Å². The van der Waals surface area contributed by atoms with Crippen LogP contribution < -0.4 is 0 Å². The van der Waals surface area contributed by atoms with Gasteiger partial charge in [-0.3, -0.25) is 0 Å². The molecule has 0 saturated heterocycles. The fourth-order valence-corrected chi connectivity index (χ4v) is 4.18. The zero-order chi connectivity index (χ0) is 17.4. The highest BCUT2D eigenvalue weighted by Crippen LogP contribution is 2.38. The number of thiazole rings is 1. The Kier molecular flexibility index (Phi) is 4.16. The van der Waals surface area contributed by atoms with Crippen molar-refractivity contribution in [3.05, 3.63) is 70.7 Å². The summed E-state index contributed by atoms with van der Waals surface area (Å²) in [6.07, 6.45) is 15.6. The highest BCUT2D eigenvalue weighted by Gasteiger charge is 2.21. The standard InChI is InChI=1S/C21H21N3S/c1-14(2)24-10-9-22-20(24)21-23-19(13-25-21)18-12-15(3)11-16-7-5-4-6-8-17(16)18/h4,6-10,12-15H,11H2,1-3H3. The summed E-state index contributed by atoms with van der Waals surface area (Å²) in [7, 11) is 0. The first-order valence-electron chi connectivity index (χ1n) is 8.67. The molecule has 0 spiro atoms. The van der Waals surface area contributed by atoms with Crippen molar-refractivity contribution in [1.29, 1.82) is 0 Å². The van der Waals surface area contributed by atoms with Crippen LogP contribution in [-0.4, -0.2) is 14.5 Å². The van der Waals surface area contributed by atoms with Gasteiger partial charge in [0.2, 0.25) is 0 Å². The summed E-state index contributed by atoms with van der Waals surface area (Å²) in [6, 6.07) is 0.370. The quantitative estimate of drug-likeness (QED) is 0.678. The van der Waals surface area contributed by atoms with Crippen LogP contribution in [0.2, 0.25) is 0 Å². The molecular weight excluding hydrogens is 326 g/mol. The maximum atomic E-state index is 4.93. The zero-order valence-corrected chi connectivity index (χ0v) is 15.5. The Morgan fingerprint density at radius 3 is 3.08 bits per heavy atom. The third-order valence-electron chi connectivity index (χ3n) is 4.54. The fourth-order valence-electron chi connectivity index (χ4n) is 3.36. The minimum absolute atomic E-state index is 0.370. The van der Waals surface area contributed by atoms with E-state index in [0.717, 1.165) is 22.9 Å². The van der Waals surface area contributed by atoms with Gasteiger partial charge in [-0.1, -0.05) is 25.2 Å². The summed E-state index contributed by atoms with van der Waals surface area (Å²) in [5, 5.41) is 3.13. The van der Waals surface area contributed by atoms with Crippen molar-refractivity contribution in [2.24, 2.45) is 5.92 Å². The first-order valence-corrected chi connectivity index (χ1v) is 9.55. The van der Waals surface area contributed by atoms with E-state index in [1.165, 1.54) is 16.7 Å². The summed E-state index contributed by atoms with van der Waals surface area (Å²) < 4.78 is 2.17. The molecule has 0 bridgehead atoms. The molecule has 1 atom stereocenters. The Bertz CT molecular complexity index is 959. The molecule has 0 N–H and O–H groups in total. The average Bonchev–Trinajstić information content (AvgIpc) is 3.19. The molecule has 0 fully saturated rings. The van der Waals surface area contributed by atoms with Crippen molar-refractivity contribution in [3.8, 4) is 10.8 Å². The van der Waals surface area contributed by atoms with E-state index in [2.05, 4.69) is 65.7 Å². The number of allylic oxidation sites excluding steroid dienone is 7. The van der Waals surface area contributed by atoms with Gasteiger partial charge in [-0.15, -0.1) is 17.1 Å². The molecule has 4 rings (SSSR count). The molecule has 2 aliphatic carbocycles. The van der Waals surface area contributed by atoms with Crippen LogP contribution in [0.4, 0.5) is 0 Å². The predicted octanol–water partition coefficient (Wildman–Crippen LogP) is 5.59. The van der Waals surface area contributed by atoms with Gasteiger partial charge in [0, 0.05) is 29.4 Å². The highest BCUT2D eigenvalue weighted by atomic mass is 32.1. The van der Waals surface area contributed by atoms with Crippen LogP contribution in [0.5, 0.6) is 0 Å². The highest BCUT2D eigenvalue weighted by molar-refractivity contribution is 7.13. The van der Waals surface area contributed by atoms with Crippen LogP contribution in [-0.2, 0) is 0 Å². The third-order valence-corrected chi connectivity index (χ3v) is 5.38.